The van der Waals surface area contributed by atoms with Crippen molar-refractivity contribution in [1.82, 2.24) is 5.32 Å². The monoisotopic (exact) mass is 271 g/mol. The summed E-state index contributed by atoms with van der Waals surface area (Å²) >= 11 is 11.9. The molecule has 1 aromatic carbocycles. The Morgan fingerprint density at radius 1 is 1.47 bits per heavy atom. The van der Waals surface area contributed by atoms with E-state index in [4.69, 9.17) is 23.2 Å². The van der Waals surface area contributed by atoms with Gasteiger partial charge in [0, 0.05) is 10.0 Å². The number of benzene rings is 1. The molecule has 2 N–H and O–H groups in total. The Balaban J connectivity index is 2.83. The second-order valence-corrected chi connectivity index (χ2v) is 4.53. The van der Waals surface area contributed by atoms with Gasteiger partial charge < -0.3 is 10.4 Å². The van der Waals surface area contributed by atoms with Gasteiger partial charge in [0.15, 0.2) is 0 Å². The van der Waals surface area contributed by atoms with Gasteiger partial charge in [0.05, 0.1) is 11.7 Å². The summed E-state index contributed by atoms with van der Waals surface area (Å²) in [5.74, 6) is 0.127. The zero-order valence-corrected chi connectivity index (χ0v) is 11.3. The number of nitrogens with one attached hydrogen (secondary N) is 1. The van der Waals surface area contributed by atoms with Gasteiger partial charge in [-0.1, -0.05) is 35.8 Å². The van der Waals surface area contributed by atoms with Gasteiger partial charge in [-0.15, -0.1) is 0 Å². The highest BCUT2D eigenvalue weighted by Crippen LogP contribution is 2.26. The molecule has 0 spiro atoms. The minimum Gasteiger partial charge on any atom is -0.506 e. The maximum absolute atomic E-state index is 9.48. The lowest BCUT2D eigenvalue weighted by Gasteiger charge is -2.18. The van der Waals surface area contributed by atoms with Crippen molar-refractivity contribution in [2.24, 2.45) is 0 Å². The topological polar surface area (TPSA) is 32.3 Å². The highest BCUT2D eigenvalue weighted by Gasteiger charge is 2.11. The Bertz CT molecular complexity index is 455. The van der Waals surface area contributed by atoms with Gasteiger partial charge in [0.25, 0.3) is 0 Å². The van der Waals surface area contributed by atoms with E-state index < -0.39 is 0 Å². The molecule has 2 nitrogen and oxygen atoms in total. The molecule has 0 fully saturated rings. The van der Waals surface area contributed by atoms with Crippen LogP contribution in [0.3, 0.4) is 0 Å². The molecule has 92 valence electrons. The second-order valence-electron chi connectivity index (χ2n) is 3.68. The summed E-state index contributed by atoms with van der Waals surface area (Å²) < 4.78 is 0. The van der Waals surface area contributed by atoms with Crippen LogP contribution in [0.1, 0.15) is 25.5 Å². The lowest BCUT2D eigenvalue weighted by atomic mass is 10.1. The van der Waals surface area contributed by atoms with Crippen molar-refractivity contribution in [2.75, 3.05) is 0 Å². The molecule has 0 saturated carbocycles. The molecule has 1 unspecified atom stereocenters. The molecule has 0 saturated heterocycles. The molecule has 0 aliphatic carbocycles. The van der Waals surface area contributed by atoms with Gasteiger partial charge in [-0.2, -0.15) is 0 Å². The number of rotatable bonds is 4. The summed E-state index contributed by atoms with van der Waals surface area (Å²) in [7, 11) is 0. The van der Waals surface area contributed by atoms with Crippen LogP contribution in [0.2, 0.25) is 10.0 Å². The summed E-state index contributed by atoms with van der Waals surface area (Å²) in [6, 6.07) is 5.26. The summed E-state index contributed by atoms with van der Waals surface area (Å²) in [5.41, 5.74) is 1.37. The minimum absolute atomic E-state index is 0.0608. The summed E-state index contributed by atoms with van der Waals surface area (Å²) in [4.78, 5) is 0. The van der Waals surface area contributed by atoms with Crippen LogP contribution in [0.15, 0.2) is 42.3 Å². The van der Waals surface area contributed by atoms with E-state index in [-0.39, 0.29) is 11.8 Å². The fraction of sp³-hybridized carbons (Fsp3) is 0.231. The fourth-order valence-corrected chi connectivity index (χ4v) is 2.01. The minimum atomic E-state index is -0.0608. The van der Waals surface area contributed by atoms with Crippen LogP contribution in [-0.4, -0.2) is 5.11 Å². The van der Waals surface area contributed by atoms with E-state index in [1.807, 2.05) is 13.0 Å². The quantitative estimate of drug-likeness (QED) is 0.619. The lowest BCUT2D eigenvalue weighted by molar-refractivity contribution is 0.408. The summed E-state index contributed by atoms with van der Waals surface area (Å²) in [6.07, 6.45) is 1.57. The number of aliphatic hydroxyl groups excluding tert-OH is 1. The van der Waals surface area contributed by atoms with E-state index in [0.717, 1.165) is 5.56 Å². The van der Waals surface area contributed by atoms with Crippen molar-refractivity contribution < 1.29 is 5.11 Å². The zero-order chi connectivity index (χ0) is 13.0. The van der Waals surface area contributed by atoms with Crippen molar-refractivity contribution in [3.63, 3.8) is 0 Å². The van der Waals surface area contributed by atoms with Gasteiger partial charge in [0.1, 0.15) is 5.76 Å². The van der Waals surface area contributed by atoms with Crippen LogP contribution in [0, 0.1) is 0 Å². The molecule has 0 radical (unpaired) electrons. The molecule has 4 heteroatoms. The highest BCUT2D eigenvalue weighted by molar-refractivity contribution is 6.35. The average molecular weight is 272 g/mol. The molecule has 0 heterocycles. The SMILES string of the molecule is C=C(NC(C)c1ccc(Cl)cc1Cl)/C(O)=C\C. The predicted octanol–water partition coefficient (Wildman–Crippen LogP) is 4.62. The van der Waals surface area contributed by atoms with Gasteiger partial charge in [-0.25, -0.2) is 0 Å². The number of aliphatic hydroxyl groups is 1. The number of hydrogen-bond donors (Lipinski definition) is 2. The second kappa shape index (κ2) is 5.99. The molecular weight excluding hydrogens is 257 g/mol. The Morgan fingerprint density at radius 2 is 2.12 bits per heavy atom. The number of halogens is 2. The van der Waals surface area contributed by atoms with Crippen LogP contribution in [-0.2, 0) is 0 Å². The van der Waals surface area contributed by atoms with Crippen LogP contribution in [0.25, 0.3) is 0 Å². The van der Waals surface area contributed by atoms with Gasteiger partial charge in [0.2, 0.25) is 0 Å². The van der Waals surface area contributed by atoms with Crippen molar-refractivity contribution in [3.8, 4) is 0 Å². The lowest BCUT2D eigenvalue weighted by Crippen LogP contribution is -2.18. The fourth-order valence-electron chi connectivity index (χ4n) is 1.44. The van der Waals surface area contributed by atoms with Crippen LogP contribution < -0.4 is 5.32 Å². The van der Waals surface area contributed by atoms with E-state index >= 15 is 0 Å². The van der Waals surface area contributed by atoms with Crippen LogP contribution >= 0.6 is 23.2 Å². The molecule has 17 heavy (non-hydrogen) atoms. The number of hydrogen-bond acceptors (Lipinski definition) is 2. The molecular formula is C13H15Cl2NO. The Kier molecular flexibility index (Phi) is 4.91. The Labute approximate surface area is 112 Å². The first-order chi connectivity index (χ1) is 7.95. The molecule has 1 aromatic rings. The molecule has 1 atom stereocenters. The molecule has 1 rings (SSSR count). The Morgan fingerprint density at radius 3 is 2.65 bits per heavy atom. The summed E-state index contributed by atoms with van der Waals surface area (Å²) in [6.45, 7) is 7.41. The van der Waals surface area contributed by atoms with Crippen LogP contribution in [0.4, 0.5) is 0 Å². The Hall–Kier alpha value is -1.12. The third-order valence-electron chi connectivity index (χ3n) is 2.40. The predicted molar refractivity (Wildman–Crippen MR) is 73.5 cm³/mol. The van der Waals surface area contributed by atoms with Crippen LogP contribution in [0.5, 0.6) is 0 Å². The van der Waals surface area contributed by atoms with E-state index in [9.17, 15) is 5.11 Å². The molecule has 0 bridgehead atoms. The molecule has 0 aliphatic heterocycles. The first-order valence-corrected chi connectivity index (χ1v) is 5.97. The largest absolute Gasteiger partial charge is 0.506 e. The van der Waals surface area contributed by atoms with Gasteiger partial charge in [-0.05, 0) is 37.6 Å². The standard InChI is InChI=1S/C13H15Cl2NO/c1-4-13(17)9(3)16-8(2)11-6-5-10(14)7-12(11)15/h4-8,16-17H,3H2,1-2H3/b13-4+. The molecule has 0 aliphatic rings. The molecule has 0 aromatic heterocycles. The van der Waals surface area contributed by atoms with Crippen molar-refractivity contribution in [2.45, 2.75) is 19.9 Å². The number of allylic oxidation sites excluding steroid dienone is 1. The zero-order valence-electron chi connectivity index (χ0n) is 9.80. The van der Waals surface area contributed by atoms with Gasteiger partial charge >= 0.3 is 0 Å². The third kappa shape index (κ3) is 3.69. The normalized spacial score (nSPS) is 13.3. The summed E-state index contributed by atoms with van der Waals surface area (Å²) in [5, 5.41) is 13.7. The van der Waals surface area contributed by atoms with Crippen molar-refractivity contribution in [3.05, 3.63) is 57.9 Å². The smallest absolute Gasteiger partial charge is 0.133 e. The van der Waals surface area contributed by atoms with Crippen molar-refractivity contribution >= 4 is 23.2 Å². The first-order valence-electron chi connectivity index (χ1n) is 5.21. The van der Waals surface area contributed by atoms with E-state index in [0.29, 0.717) is 15.7 Å². The van der Waals surface area contributed by atoms with E-state index in [2.05, 4.69) is 11.9 Å². The maximum Gasteiger partial charge on any atom is 0.133 e. The first kappa shape index (κ1) is 13.9. The van der Waals surface area contributed by atoms with Crippen molar-refractivity contribution in [1.29, 1.82) is 0 Å². The highest BCUT2D eigenvalue weighted by atomic mass is 35.5. The molecule has 0 amide bonds. The maximum atomic E-state index is 9.48. The average Bonchev–Trinajstić information content (AvgIpc) is 2.27. The third-order valence-corrected chi connectivity index (χ3v) is 2.96. The van der Waals surface area contributed by atoms with E-state index in [1.54, 1.807) is 25.1 Å². The van der Waals surface area contributed by atoms with E-state index in [1.165, 1.54) is 0 Å². The van der Waals surface area contributed by atoms with Gasteiger partial charge in [-0.3, -0.25) is 0 Å².